The normalized spacial score (nSPS) is 22.4. The van der Waals surface area contributed by atoms with E-state index in [4.69, 9.17) is 9.26 Å². The summed E-state index contributed by atoms with van der Waals surface area (Å²) in [6.07, 6.45) is 5.31. The van der Waals surface area contributed by atoms with Crippen LogP contribution in [0.3, 0.4) is 0 Å². The number of ether oxygens (including phenoxy) is 1. The van der Waals surface area contributed by atoms with Gasteiger partial charge >= 0.3 is 0 Å². The molecule has 2 aliphatic heterocycles. The Hall–Kier alpha value is -1.85. The van der Waals surface area contributed by atoms with Crippen molar-refractivity contribution in [3.63, 3.8) is 0 Å². The zero-order valence-electron chi connectivity index (χ0n) is 13.2. The van der Waals surface area contributed by atoms with Gasteiger partial charge in [0.2, 0.25) is 5.89 Å². The van der Waals surface area contributed by atoms with Crippen LogP contribution in [0.1, 0.15) is 63.1 Å². The van der Waals surface area contributed by atoms with E-state index < -0.39 is 0 Å². The molecule has 6 nitrogen and oxygen atoms in total. The molecule has 0 N–H and O–H groups in total. The Morgan fingerprint density at radius 2 is 2.27 bits per heavy atom. The Morgan fingerprint density at radius 1 is 1.41 bits per heavy atom. The number of nitrogens with zero attached hydrogens (tertiary/aromatic N) is 3. The van der Waals surface area contributed by atoms with Crippen molar-refractivity contribution < 1.29 is 14.1 Å². The molecule has 1 amide bonds. The van der Waals surface area contributed by atoms with Gasteiger partial charge in [-0.05, 0) is 25.7 Å². The summed E-state index contributed by atoms with van der Waals surface area (Å²) in [7, 11) is 0. The molecule has 120 valence electrons. The Labute approximate surface area is 130 Å². The highest BCUT2D eigenvalue weighted by molar-refractivity contribution is 5.93. The maximum atomic E-state index is 12.6. The second-order valence-electron chi connectivity index (χ2n) is 6.35. The molecule has 0 unspecified atom stereocenters. The van der Waals surface area contributed by atoms with Crippen LogP contribution in [0.5, 0.6) is 0 Å². The fourth-order valence-corrected chi connectivity index (χ4v) is 2.94. The van der Waals surface area contributed by atoms with Crippen LogP contribution in [0, 0.1) is 0 Å². The van der Waals surface area contributed by atoms with Crippen LogP contribution in [0.4, 0.5) is 0 Å². The second kappa shape index (κ2) is 6.50. The third kappa shape index (κ3) is 3.15. The van der Waals surface area contributed by atoms with E-state index in [0.717, 1.165) is 43.6 Å². The zero-order valence-corrected chi connectivity index (χ0v) is 13.2. The summed E-state index contributed by atoms with van der Waals surface area (Å²) in [6.45, 7) is 6.22. The highest BCUT2D eigenvalue weighted by Gasteiger charge is 2.30. The number of rotatable bonds is 3. The van der Waals surface area contributed by atoms with Gasteiger partial charge in [-0.25, -0.2) is 0 Å². The minimum absolute atomic E-state index is 0.0944. The lowest BCUT2D eigenvalue weighted by molar-refractivity contribution is -0.128. The monoisotopic (exact) mass is 305 g/mol. The first-order chi connectivity index (χ1) is 10.6. The molecular weight excluding hydrogens is 282 g/mol. The van der Waals surface area contributed by atoms with Gasteiger partial charge in [0.25, 0.3) is 5.91 Å². The Balaban J connectivity index is 1.68. The summed E-state index contributed by atoms with van der Waals surface area (Å²) in [5, 5.41) is 4.10. The van der Waals surface area contributed by atoms with Crippen LogP contribution in [0.25, 0.3) is 0 Å². The first-order valence-corrected chi connectivity index (χ1v) is 8.08. The molecule has 22 heavy (non-hydrogen) atoms. The number of carbonyl (C=O) groups excluding carboxylic acids is 1. The van der Waals surface area contributed by atoms with Crippen molar-refractivity contribution in [3.05, 3.63) is 23.6 Å². The van der Waals surface area contributed by atoms with E-state index in [-0.39, 0.29) is 17.7 Å². The Bertz CT molecular complexity index is 565. The summed E-state index contributed by atoms with van der Waals surface area (Å²) < 4.78 is 10.6. The third-order valence-corrected chi connectivity index (χ3v) is 4.23. The van der Waals surface area contributed by atoms with E-state index in [1.54, 1.807) is 6.26 Å². The maximum absolute atomic E-state index is 12.6. The molecule has 1 atom stereocenters. The van der Waals surface area contributed by atoms with Crippen molar-refractivity contribution in [2.24, 2.45) is 0 Å². The molecule has 3 rings (SSSR count). The summed E-state index contributed by atoms with van der Waals surface area (Å²) >= 11 is 0. The third-order valence-electron chi connectivity index (χ3n) is 4.23. The van der Waals surface area contributed by atoms with Gasteiger partial charge in [0.1, 0.15) is 0 Å². The van der Waals surface area contributed by atoms with Crippen molar-refractivity contribution in [2.75, 3.05) is 19.7 Å². The summed E-state index contributed by atoms with van der Waals surface area (Å²) in [5.74, 6) is 1.89. The molecule has 0 aliphatic carbocycles. The smallest absolute Gasteiger partial charge is 0.252 e. The first-order valence-electron chi connectivity index (χ1n) is 8.08. The highest BCUT2D eigenvalue weighted by Crippen LogP contribution is 2.27. The average Bonchev–Trinajstić information content (AvgIpc) is 3.05. The van der Waals surface area contributed by atoms with Crippen molar-refractivity contribution in [1.82, 2.24) is 15.0 Å². The fourth-order valence-electron chi connectivity index (χ4n) is 2.94. The molecule has 1 aromatic heterocycles. The molecule has 2 aliphatic rings. The molecule has 3 heterocycles. The van der Waals surface area contributed by atoms with Crippen LogP contribution < -0.4 is 0 Å². The summed E-state index contributed by atoms with van der Waals surface area (Å²) in [5.41, 5.74) is 0.780. The predicted molar refractivity (Wildman–Crippen MR) is 80.2 cm³/mol. The average molecular weight is 305 g/mol. The largest absolute Gasteiger partial charge is 0.501 e. The molecule has 0 bridgehead atoms. The van der Waals surface area contributed by atoms with Gasteiger partial charge < -0.3 is 14.2 Å². The van der Waals surface area contributed by atoms with Crippen molar-refractivity contribution in [1.29, 1.82) is 0 Å². The SMILES string of the molecule is CC(C)c1nc([C@H]2CCCN(C(=O)C3=COCCC3)C2)no1. The van der Waals surface area contributed by atoms with Crippen LogP contribution in [0.2, 0.25) is 0 Å². The quantitative estimate of drug-likeness (QED) is 0.858. The lowest BCUT2D eigenvalue weighted by atomic mass is 9.96. The van der Waals surface area contributed by atoms with Crippen molar-refractivity contribution in [3.8, 4) is 0 Å². The summed E-state index contributed by atoms with van der Waals surface area (Å²) in [6, 6.07) is 0. The van der Waals surface area contributed by atoms with Gasteiger partial charge in [-0.15, -0.1) is 0 Å². The van der Waals surface area contributed by atoms with Crippen molar-refractivity contribution in [2.45, 2.75) is 51.4 Å². The molecule has 0 radical (unpaired) electrons. The molecule has 0 spiro atoms. The molecule has 0 saturated carbocycles. The molecular formula is C16H23N3O3. The number of amides is 1. The molecule has 6 heteroatoms. The topological polar surface area (TPSA) is 68.5 Å². The number of aromatic nitrogens is 2. The van der Waals surface area contributed by atoms with E-state index in [1.165, 1.54) is 0 Å². The standard InChI is InChI=1S/C16H23N3O3/c1-11(2)15-17-14(18-22-15)12-5-3-7-19(9-12)16(20)13-6-4-8-21-10-13/h10-12H,3-9H2,1-2H3/t12-/m0/s1. The molecule has 1 aromatic rings. The Morgan fingerprint density at radius 3 is 2.95 bits per heavy atom. The summed E-state index contributed by atoms with van der Waals surface area (Å²) in [4.78, 5) is 18.9. The number of piperidine rings is 1. The lowest BCUT2D eigenvalue weighted by Crippen LogP contribution is -2.40. The zero-order chi connectivity index (χ0) is 15.5. The highest BCUT2D eigenvalue weighted by atomic mass is 16.5. The number of likely N-dealkylation sites (tertiary alicyclic amines) is 1. The number of carbonyl (C=O) groups is 1. The van der Waals surface area contributed by atoms with Gasteiger partial charge in [0, 0.05) is 24.9 Å². The maximum Gasteiger partial charge on any atom is 0.252 e. The first kappa shape index (κ1) is 15.1. The van der Waals surface area contributed by atoms with Crippen LogP contribution in [-0.2, 0) is 9.53 Å². The fraction of sp³-hybridized carbons (Fsp3) is 0.688. The van der Waals surface area contributed by atoms with Gasteiger partial charge in [-0.3, -0.25) is 4.79 Å². The number of hydrogen-bond acceptors (Lipinski definition) is 5. The van der Waals surface area contributed by atoms with Gasteiger partial charge in [-0.1, -0.05) is 19.0 Å². The van der Waals surface area contributed by atoms with Crippen LogP contribution >= 0.6 is 0 Å². The molecule has 1 saturated heterocycles. The molecule has 0 aromatic carbocycles. The minimum atomic E-state index is 0.0944. The van der Waals surface area contributed by atoms with Gasteiger partial charge in [0.05, 0.1) is 18.4 Å². The van der Waals surface area contributed by atoms with Crippen LogP contribution in [-0.4, -0.2) is 40.6 Å². The van der Waals surface area contributed by atoms with E-state index >= 15 is 0 Å². The lowest BCUT2D eigenvalue weighted by Gasteiger charge is -2.32. The Kier molecular flexibility index (Phi) is 4.45. The molecule has 1 fully saturated rings. The van der Waals surface area contributed by atoms with Gasteiger partial charge in [-0.2, -0.15) is 4.98 Å². The van der Waals surface area contributed by atoms with E-state index in [2.05, 4.69) is 10.1 Å². The van der Waals surface area contributed by atoms with E-state index in [9.17, 15) is 4.79 Å². The van der Waals surface area contributed by atoms with E-state index in [0.29, 0.717) is 19.0 Å². The predicted octanol–water partition coefficient (Wildman–Crippen LogP) is 2.59. The van der Waals surface area contributed by atoms with E-state index in [1.807, 2.05) is 18.7 Å². The van der Waals surface area contributed by atoms with Crippen LogP contribution in [0.15, 0.2) is 16.4 Å². The van der Waals surface area contributed by atoms with Gasteiger partial charge in [0.15, 0.2) is 5.82 Å². The van der Waals surface area contributed by atoms with Crippen molar-refractivity contribution >= 4 is 5.91 Å². The number of hydrogen-bond donors (Lipinski definition) is 0. The minimum Gasteiger partial charge on any atom is -0.501 e. The second-order valence-corrected chi connectivity index (χ2v) is 6.35.